The summed E-state index contributed by atoms with van der Waals surface area (Å²) >= 11 is 0. The number of nitrogens with one attached hydrogen (secondary N) is 3. The van der Waals surface area contributed by atoms with Crippen LogP contribution in [-0.2, 0) is 49.9 Å². The van der Waals surface area contributed by atoms with Crippen LogP contribution in [-0.4, -0.2) is 39.9 Å². The van der Waals surface area contributed by atoms with Crippen LogP contribution in [0.2, 0.25) is 0 Å². The van der Waals surface area contributed by atoms with Crippen molar-refractivity contribution in [1.82, 2.24) is 15.3 Å². The molecular formula is C46H56N4O5. The summed E-state index contributed by atoms with van der Waals surface area (Å²) in [5, 5.41) is 5.09. The molecule has 0 aliphatic rings. The van der Waals surface area contributed by atoms with E-state index in [1.807, 2.05) is 122 Å². The molecule has 9 heteroatoms. The number of unbranched alkanes of at least 4 members (excludes halogenated alkanes) is 6. The zero-order valence-electron chi connectivity index (χ0n) is 31.8. The topological polar surface area (TPSA) is 139 Å². The van der Waals surface area contributed by atoms with E-state index in [1.54, 1.807) is 0 Å². The fraction of sp³-hybridized carbons (Fsp3) is 0.326. The molecular weight excluding hydrogens is 689 g/mol. The summed E-state index contributed by atoms with van der Waals surface area (Å²) in [7, 11) is 0. The number of H-pyrrole nitrogens is 2. The molecule has 55 heavy (non-hydrogen) atoms. The lowest BCUT2D eigenvalue weighted by Gasteiger charge is -2.18. The predicted molar refractivity (Wildman–Crippen MR) is 221 cm³/mol. The van der Waals surface area contributed by atoms with Crippen molar-refractivity contribution in [3.63, 3.8) is 0 Å². The minimum absolute atomic E-state index is 0. The Morgan fingerprint density at radius 2 is 1.09 bits per heavy atom. The lowest BCUT2D eigenvalue weighted by Crippen LogP contribution is -2.43. The van der Waals surface area contributed by atoms with Crippen molar-refractivity contribution in [1.29, 1.82) is 0 Å². The van der Waals surface area contributed by atoms with Crippen LogP contribution < -0.4 is 11.1 Å². The molecule has 0 saturated carbocycles. The third-order valence-electron chi connectivity index (χ3n) is 9.59. The summed E-state index contributed by atoms with van der Waals surface area (Å²) in [5.74, 6) is -0.878. The van der Waals surface area contributed by atoms with E-state index in [-0.39, 0.29) is 26.5 Å². The average molecular weight is 745 g/mol. The Hall–Kier alpha value is -5.67. The molecule has 2 aromatic heterocycles. The van der Waals surface area contributed by atoms with Gasteiger partial charge in [0.05, 0.1) is 0 Å². The normalized spacial score (nSPS) is 12.0. The second-order valence-electron chi connectivity index (χ2n) is 13.9. The Bertz CT molecular complexity index is 2060. The number of carbonyl (C=O) groups excluding carboxylic acids is 3. The van der Waals surface area contributed by atoms with Gasteiger partial charge in [-0.05, 0) is 40.8 Å². The van der Waals surface area contributed by atoms with Crippen molar-refractivity contribution in [2.75, 3.05) is 0 Å². The molecule has 0 aliphatic carbocycles. The van der Waals surface area contributed by atoms with Crippen molar-refractivity contribution in [2.45, 2.75) is 96.4 Å². The third kappa shape index (κ3) is 13.0. The molecule has 0 radical (unpaired) electrons. The minimum Gasteiger partial charge on any atom is -0.460 e. The fourth-order valence-corrected chi connectivity index (χ4v) is 6.51. The van der Waals surface area contributed by atoms with Crippen molar-refractivity contribution in [2.24, 2.45) is 5.73 Å². The monoisotopic (exact) mass is 744 g/mol. The van der Waals surface area contributed by atoms with Gasteiger partial charge in [0.2, 0.25) is 5.91 Å². The van der Waals surface area contributed by atoms with E-state index in [0.29, 0.717) is 19.3 Å². The van der Waals surface area contributed by atoms with Crippen LogP contribution in [0.3, 0.4) is 0 Å². The summed E-state index contributed by atoms with van der Waals surface area (Å²) in [6, 6.07) is 33.7. The molecule has 1 amide bonds. The standard InChI is InChI=1S/C28H36N2O3.C18H18N2O2.H2/c1-2-3-4-5-6-7-11-18-27(31)30-26(28(32)33-21-22-14-9-8-10-15-22)19-23-20-29-25-17-13-12-16-24(23)25;19-16(18(21)22-12-13-6-2-1-3-7-13)10-14-11-20-17-9-5-4-8-15(14)17;/h8-10,12-17,20,26,29H,2-7,11,18-19,21H2,1H3,(H,30,31);1-9,11,16,20H,10,12,19H2;1H/t26-;16-;/m00./s1. The van der Waals surface area contributed by atoms with Crippen LogP contribution in [0.5, 0.6) is 0 Å². The van der Waals surface area contributed by atoms with Gasteiger partial charge < -0.3 is 30.5 Å². The molecule has 6 rings (SSSR count). The highest BCUT2D eigenvalue weighted by Crippen LogP contribution is 2.21. The Balaban J connectivity index is 0.000000263. The molecule has 0 bridgehead atoms. The Morgan fingerprint density at radius 1 is 0.618 bits per heavy atom. The molecule has 2 heterocycles. The maximum atomic E-state index is 12.9. The second kappa shape index (κ2) is 21.9. The number of nitrogens with two attached hydrogens (primary N) is 1. The minimum atomic E-state index is -0.718. The van der Waals surface area contributed by atoms with E-state index in [2.05, 4.69) is 22.2 Å². The quantitative estimate of drug-likeness (QED) is 0.0482. The first-order valence-electron chi connectivity index (χ1n) is 19.5. The van der Waals surface area contributed by atoms with Crippen LogP contribution in [0, 0.1) is 0 Å². The molecule has 0 aliphatic heterocycles. The number of esters is 2. The van der Waals surface area contributed by atoms with Crippen molar-refractivity contribution in [3.8, 4) is 0 Å². The van der Waals surface area contributed by atoms with Gasteiger partial charge >= 0.3 is 11.9 Å². The molecule has 5 N–H and O–H groups in total. The molecule has 290 valence electrons. The SMILES string of the molecule is CCCCCCCCCC(=O)N[C@@H](Cc1c[nH]c2ccccc12)C(=O)OCc1ccccc1.N[C@@H](Cc1c[nH]c2ccccc12)C(=O)OCc1ccccc1.[HH]. The lowest BCUT2D eigenvalue weighted by atomic mass is 10.0. The third-order valence-corrected chi connectivity index (χ3v) is 9.59. The maximum Gasteiger partial charge on any atom is 0.329 e. The number of carbonyl (C=O) groups is 3. The van der Waals surface area contributed by atoms with Gasteiger partial charge in [-0.1, -0.05) is 143 Å². The van der Waals surface area contributed by atoms with Gasteiger partial charge in [-0.3, -0.25) is 9.59 Å². The van der Waals surface area contributed by atoms with Crippen LogP contribution in [0.15, 0.2) is 122 Å². The molecule has 0 saturated heterocycles. The van der Waals surface area contributed by atoms with Crippen LogP contribution in [0.4, 0.5) is 0 Å². The lowest BCUT2D eigenvalue weighted by molar-refractivity contribution is -0.149. The number of amides is 1. The number of hydrogen-bond acceptors (Lipinski definition) is 6. The van der Waals surface area contributed by atoms with Crippen LogP contribution in [0.25, 0.3) is 21.8 Å². The highest BCUT2D eigenvalue weighted by atomic mass is 16.5. The largest absolute Gasteiger partial charge is 0.460 e. The number of fused-ring (bicyclic) bond motifs is 2. The van der Waals surface area contributed by atoms with Crippen molar-refractivity contribution >= 4 is 39.7 Å². The Kier molecular flexibility index (Phi) is 16.1. The Morgan fingerprint density at radius 3 is 1.65 bits per heavy atom. The van der Waals surface area contributed by atoms with Gasteiger partial charge in [0.15, 0.2) is 0 Å². The number of rotatable bonds is 19. The van der Waals surface area contributed by atoms with Gasteiger partial charge in [0.25, 0.3) is 0 Å². The number of benzene rings is 4. The zero-order valence-corrected chi connectivity index (χ0v) is 31.8. The predicted octanol–water partition coefficient (Wildman–Crippen LogP) is 9.11. The van der Waals surface area contributed by atoms with E-state index >= 15 is 0 Å². The first-order chi connectivity index (χ1) is 26.9. The first kappa shape index (κ1) is 40.5. The number of para-hydroxylation sites is 2. The van der Waals surface area contributed by atoms with E-state index in [1.165, 1.54) is 25.7 Å². The molecule has 0 fully saturated rings. The zero-order chi connectivity index (χ0) is 38.7. The van der Waals surface area contributed by atoms with E-state index in [4.69, 9.17) is 15.2 Å². The summed E-state index contributed by atoms with van der Waals surface area (Å²) in [6.07, 6.45) is 13.1. The molecule has 9 nitrogen and oxygen atoms in total. The molecule has 0 unspecified atom stereocenters. The van der Waals surface area contributed by atoms with Crippen molar-refractivity contribution < 1.29 is 25.3 Å². The second-order valence-corrected chi connectivity index (χ2v) is 13.9. The summed E-state index contributed by atoms with van der Waals surface area (Å²) in [5.41, 5.74) is 11.9. The summed E-state index contributed by atoms with van der Waals surface area (Å²) in [6.45, 7) is 2.65. The maximum absolute atomic E-state index is 12.9. The number of aromatic nitrogens is 2. The Labute approximate surface area is 325 Å². The van der Waals surface area contributed by atoms with Gasteiger partial charge in [0, 0.05) is 54.9 Å². The average Bonchev–Trinajstić information content (AvgIpc) is 3.83. The number of hydrogen-bond donors (Lipinski definition) is 4. The van der Waals surface area contributed by atoms with E-state index in [9.17, 15) is 14.4 Å². The van der Waals surface area contributed by atoms with Crippen LogP contribution >= 0.6 is 0 Å². The van der Waals surface area contributed by atoms with E-state index in [0.717, 1.165) is 63.3 Å². The van der Waals surface area contributed by atoms with Crippen LogP contribution in [0.1, 0.15) is 82.0 Å². The van der Waals surface area contributed by atoms with Gasteiger partial charge in [-0.15, -0.1) is 0 Å². The highest BCUT2D eigenvalue weighted by molar-refractivity contribution is 5.87. The van der Waals surface area contributed by atoms with E-state index < -0.39 is 18.1 Å². The smallest absolute Gasteiger partial charge is 0.329 e. The van der Waals surface area contributed by atoms with Crippen molar-refractivity contribution in [3.05, 3.63) is 144 Å². The highest BCUT2D eigenvalue weighted by Gasteiger charge is 2.24. The molecule has 4 aromatic carbocycles. The number of ether oxygens (including phenoxy) is 2. The summed E-state index contributed by atoms with van der Waals surface area (Å²) in [4.78, 5) is 44.0. The number of aromatic amines is 2. The van der Waals surface area contributed by atoms with Gasteiger partial charge in [-0.25, -0.2) is 4.79 Å². The van der Waals surface area contributed by atoms with Gasteiger partial charge in [-0.2, -0.15) is 0 Å². The molecule has 6 aromatic rings. The molecule has 2 atom stereocenters. The first-order valence-corrected chi connectivity index (χ1v) is 19.5. The summed E-state index contributed by atoms with van der Waals surface area (Å²) < 4.78 is 10.8. The van der Waals surface area contributed by atoms with Gasteiger partial charge in [0.1, 0.15) is 25.3 Å². The fourth-order valence-electron chi connectivity index (χ4n) is 6.51. The molecule has 0 spiro atoms.